The number of rotatable bonds is 10. The Bertz CT molecular complexity index is 450. The van der Waals surface area contributed by atoms with Gasteiger partial charge in [0.05, 0.1) is 26.0 Å². The van der Waals surface area contributed by atoms with Crippen molar-refractivity contribution < 1.29 is 23.8 Å². The van der Waals surface area contributed by atoms with Crippen LogP contribution in [0.1, 0.15) is 18.5 Å². The maximum atomic E-state index is 11.6. The maximum absolute atomic E-state index is 11.6. The summed E-state index contributed by atoms with van der Waals surface area (Å²) in [6.45, 7) is 0.802. The Balaban J connectivity index is 2.24. The average Bonchev–Trinajstić information content (AvgIpc) is 2.90. The van der Waals surface area contributed by atoms with Crippen molar-refractivity contribution in [2.45, 2.75) is 19.3 Å². The van der Waals surface area contributed by atoms with Gasteiger partial charge in [-0.15, -0.1) is 11.3 Å². The first kappa shape index (κ1) is 17.5. The van der Waals surface area contributed by atoms with Crippen LogP contribution in [-0.2, 0) is 30.2 Å². The number of esters is 1. The van der Waals surface area contributed by atoms with Gasteiger partial charge in [-0.3, -0.25) is 14.9 Å². The minimum atomic E-state index is -0.249. The van der Waals surface area contributed by atoms with E-state index in [1.54, 1.807) is 7.11 Å². The van der Waals surface area contributed by atoms with E-state index in [2.05, 4.69) is 15.0 Å². The largest absolute Gasteiger partial charge is 0.469 e. The summed E-state index contributed by atoms with van der Waals surface area (Å²) < 4.78 is 14.5. The zero-order chi connectivity index (χ0) is 15.5. The molecule has 118 valence electrons. The van der Waals surface area contributed by atoms with Crippen molar-refractivity contribution >= 4 is 28.3 Å². The molecular weight excluding hydrogens is 296 g/mol. The lowest BCUT2D eigenvalue weighted by atomic mass is 10.2. The summed E-state index contributed by atoms with van der Waals surface area (Å²) in [6, 6.07) is 0. The lowest BCUT2D eigenvalue weighted by molar-refractivity contribution is -0.140. The van der Waals surface area contributed by atoms with E-state index >= 15 is 0 Å². The second-order valence-electron chi connectivity index (χ2n) is 4.17. The second kappa shape index (κ2) is 10.3. The monoisotopic (exact) mass is 316 g/mol. The Morgan fingerprint density at radius 2 is 2.14 bits per heavy atom. The van der Waals surface area contributed by atoms with Gasteiger partial charge in [-0.1, -0.05) is 0 Å². The number of amides is 1. The molecule has 1 aromatic rings. The van der Waals surface area contributed by atoms with Gasteiger partial charge >= 0.3 is 5.97 Å². The number of carbonyl (C=O) groups excluding carboxylic acids is 2. The van der Waals surface area contributed by atoms with Crippen LogP contribution in [0.2, 0.25) is 0 Å². The lowest BCUT2D eigenvalue weighted by Crippen LogP contribution is -2.19. The summed E-state index contributed by atoms with van der Waals surface area (Å²) in [6.07, 6.45) is 1.71. The van der Waals surface area contributed by atoms with E-state index in [0.29, 0.717) is 37.6 Å². The number of nitrogens with zero attached hydrogens (tertiary/aromatic N) is 1. The van der Waals surface area contributed by atoms with Crippen molar-refractivity contribution in [3.8, 4) is 0 Å². The molecule has 8 heteroatoms. The number of thiazole rings is 1. The van der Waals surface area contributed by atoms with Crippen molar-refractivity contribution in [2.24, 2.45) is 0 Å². The molecule has 0 atom stereocenters. The molecule has 1 amide bonds. The standard InChI is InChI=1S/C13H20N2O5S/c1-18-6-7-20-8-11(16)15-13-14-10(9-21-13)4-3-5-12(17)19-2/h9H,3-8H2,1-2H3,(H,14,15,16). The topological polar surface area (TPSA) is 86.8 Å². The van der Waals surface area contributed by atoms with E-state index in [9.17, 15) is 9.59 Å². The van der Waals surface area contributed by atoms with E-state index in [4.69, 9.17) is 9.47 Å². The molecule has 1 heterocycles. The molecule has 0 radical (unpaired) electrons. The van der Waals surface area contributed by atoms with E-state index in [-0.39, 0.29) is 18.5 Å². The van der Waals surface area contributed by atoms with Gasteiger partial charge in [-0.05, 0) is 12.8 Å². The highest BCUT2D eigenvalue weighted by Gasteiger charge is 2.08. The van der Waals surface area contributed by atoms with E-state index < -0.39 is 0 Å². The third-order valence-corrected chi connectivity index (χ3v) is 3.31. The predicted octanol–water partition coefficient (Wildman–Crippen LogP) is 1.24. The summed E-state index contributed by atoms with van der Waals surface area (Å²) in [5, 5.41) is 5.05. The fourth-order valence-corrected chi connectivity index (χ4v) is 2.22. The molecule has 1 aromatic heterocycles. The molecule has 1 rings (SSSR count). The molecule has 0 aliphatic carbocycles. The van der Waals surface area contributed by atoms with Crippen LogP contribution in [0.5, 0.6) is 0 Å². The van der Waals surface area contributed by atoms with Crippen molar-refractivity contribution in [1.29, 1.82) is 0 Å². The van der Waals surface area contributed by atoms with Crippen molar-refractivity contribution in [3.05, 3.63) is 11.1 Å². The number of ether oxygens (including phenoxy) is 3. The number of hydrogen-bond acceptors (Lipinski definition) is 7. The highest BCUT2D eigenvalue weighted by Crippen LogP contribution is 2.17. The zero-order valence-corrected chi connectivity index (χ0v) is 13.0. The molecule has 0 bridgehead atoms. The average molecular weight is 316 g/mol. The minimum Gasteiger partial charge on any atom is -0.469 e. The maximum Gasteiger partial charge on any atom is 0.305 e. The minimum absolute atomic E-state index is 0.0272. The fourth-order valence-electron chi connectivity index (χ4n) is 1.46. The first-order valence-electron chi connectivity index (χ1n) is 6.53. The van der Waals surface area contributed by atoms with E-state index in [1.807, 2.05) is 5.38 Å². The van der Waals surface area contributed by atoms with Crippen LogP contribution in [-0.4, -0.2) is 50.9 Å². The predicted molar refractivity (Wildman–Crippen MR) is 78.4 cm³/mol. The molecular formula is C13H20N2O5S. The first-order valence-corrected chi connectivity index (χ1v) is 7.41. The van der Waals surface area contributed by atoms with E-state index in [0.717, 1.165) is 5.69 Å². The van der Waals surface area contributed by atoms with Crippen LogP contribution in [0.3, 0.4) is 0 Å². The Hall–Kier alpha value is -1.51. The number of aryl methyl sites for hydroxylation is 1. The number of nitrogens with one attached hydrogen (secondary N) is 1. The van der Waals surface area contributed by atoms with Crippen LogP contribution in [0.4, 0.5) is 5.13 Å². The van der Waals surface area contributed by atoms with Gasteiger partial charge < -0.3 is 14.2 Å². The summed E-state index contributed by atoms with van der Waals surface area (Å²) in [4.78, 5) is 26.8. The van der Waals surface area contributed by atoms with Crippen LogP contribution >= 0.6 is 11.3 Å². The van der Waals surface area contributed by atoms with Crippen molar-refractivity contribution in [3.63, 3.8) is 0 Å². The molecule has 1 N–H and O–H groups in total. The molecule has 0 fully saturated rings. The molecule has 0 saturated carbocycles. The number of anilines is 1. The molecule has 0 aliphatic heterocycles. The molecule has 0 spiro atoms. The van der Waals surface area contributed by atoms with Crippen molar-refractivity contribution in [1.82, 2.24) is 4.98 Å². The number of hydrogen-bond donors (Lipinski definition) is 1. The number of aromatic nitrogens is 1. The van der Waals surface area contributed by atoms with Crippen LogP contribution in [0, 0.1) is 0 Å². The third kappa shape index (κ3) is 7.74. The van der Waals surface area contributed by atoms with Gasteiger partial charge in [0, 0.05) is 18.9 Å². The molecule has 0 aliphatic rings. The second-order valence-corrected chi connectivity index (χ2v) is 5.03. The smallest absolute Gasteiger partial charge is 0.305 e. The van der Waals surface area contributed by atoms with Gasteiger partial charge in [0.25, 0.3) is 5.91 Å². The van der Waals surface area contributed by atoms with Gasteiger partial charge in [-0.2, -0.15) is 0 Å². The molecule has 0 saturated heterocycles. The van der Waals surface area contributed by atoms with Gasteiger partial charge in [0.1, 0.15) is 6.61 Å². The number of carbonyl (C=O) groups is 2. The molecule has 0 aromatic carbocycles. The Morgan fingerprint density at radius 3 is 2.86 bits per heavy atom. The van der Waals surface area contributed by atoms with Crippen molar-refractivity contribution in [2.75, 3.05) is 39.4 Å². The number of methoxy groups -OCH3 is 2. The summed E-state index contributed by atoms with van der Waals surface area (Å²) in [7, 11) is 2.94. The third-order valence-electron chi connectivity index (χ3n) is 2.50. The van der Waals surface area contributed by atoms with Crippen LogP contribution in [0.15, 0.2) is 5.38 Å². The van der Waals surface area contributed by atoms with Gasteiger partial charge in [0.15, 0.2) is 5.13 Å². The highest BCUT2D eigenvalue weighted by atomic mass is 32.1. The molecule has 21 heavy (non-hydrogen) atoms. The fraction of sp³-hybridized carbons (Fsp3) is 0.615. The lowest BCUT2D eigenvalue weighted by Gasteiger charge is -2.03. The highest BCUT2D eigenvalue weighted by molar-refractivity contribution is 7.13. The van der Waals surface area contributed by atoms with Gasteiger partial charge in [-0.25, -0.2) is 4.98 Å². The quantitative estimate of drug-likeness (QED) is 0.516. The van der Waals surface area contributed by atoms with Crippen LogP contribution < -0.4 is 5.32 Å². The normalized spacial score (nSPS) is 10.4. The van der Waals surface area contributed by atoms with E-state index in [1.165, 1.54) is 18.4 Å². The SMILES string of the molecule is COCCOCC(=O)Nc1nc(CCCC(=O)OC)cs1. The Morgan fingerprint density at radius 1 is 1.33 bits per heavy atom. The Kier molecular flexibility index (Phi) is 8.56. The summed E-state index contributed by atoms with van der Waals surface area (Å²) in [5.41, 5.74) is 0.847. The Labute approximate surface area is 127 Å². The molecule has 0 unspecified atom stereocenters. The van der Waals surface area contributed by atoms with Gasteiger partial charge in [0.2, 0.25) is 0 Å². The zero-order valence-electron chi connectivity index (χ0n) is 12.2. The summed E-state index contributed by atoms with van der Waals surface area (Å²) in [5.74, 6) is -0.478. The molecule has 7 nitrogen and oxygen atoms in total. The van der Waals surface area contributed by atoms with Crippen LogP contribution in [0.25, 0.3) is 0 Å². The summed E-state index contributed by atoms with van der Waals surface area (Å²) >= 11 is 1.35. The first-order chi connectivity index (χ1) is 10.2.